The zero-order valence-electron chi connectivity index (χ0n) is 12.7. The monoisotopic (exact) mass is 304 g/mol. The smallest absolute Gasteiger partial charge is 0.226 e. The molecule has 0 aromatic heterocycles. The number of rotatable bonds is 4. The van der Waals surface area contributed by atoms with Gasteiger partial charge in [-0.05, 0) is 36.5 Å². The van der Waals surface area contributed by atoms with Crippen molar-refractivity contribution in [1.29, 1.82) is 0 Å². The third kappa shape index (κ3) is 2.85. The molecule has 1 heterocycles. The van der Waals surface area contributed by atoms with Crippen LogP contribution < -0.4 is 5.32 Å². The molecule has 118 valence electrons. The molecule has 5 heteroatoms. The highest BCUT2D eigenvalue weighted by molar-refractivity contribution is 5.90. The van der Waals surface area contributed by atoms with Crippen LogP contribution in [0.5, 0.6) is 0 Å². The summed E-state index contributed by atoms with van der Waals surface area (Å²) >= 11 is 0. The van der Waals surface area contributed by atoms with Gasteiger partial charge in [0.25, 0.3) is 0 Å². The maximum Gasteiger partial charge on any atom is 0.226 e. The van der Waals surface area contributed by atoms with Crippen LogP contribution in [0.2, 0.25) is 0 Å². The van der Waals surface area contributed by atoms with Crippen molar-refractivity contribution in [2.24, 2.45) is 11.8 Å². The van der Waals surface area contributed by atoms with E-state index in [0.717, 1.165) is 12.8 Å². The van der Waals surface area contributed by atoms with Gasteiger partial charge in [0, 0.05) is 20.0 Å². The Morgan fingerprint density at radius 3 is 2.82 bits per heavy atom. The molecular formula is C17H21FN2O2. The quantitative estimate of drug-likeness (QED) is 0.927. The van der Waals surface area contributed by atoms with E-state index in [4.69, 9.17) is 0 Å². The highest BCUT2D eigenvalue weighted by Gasteiger charge is 2.42. The first-order valence-corrected chi connectivity index (χ1v) is 7.85. The predicted octanol–water partition coefficient (Wildman–Crippen LogP) is 2.26. The molecule has 2 amide bonds. The molecule has 1 aliphatic heterocycles. The number of carbonyl (C=O) groups excluding carboxylic acids is 2. The fourth-order valence-electron chi connectivity index (χ4n) is 3.32. The molecule has 1 aliphatic carbocycles. The maximum absolute atomic E-state index is 13.5. The van der Waals surface area contributed by atoms with Crippen molar-refractivity contribution >= 4 is 11.8 Å². The molecule has 3 rings (SSSR count). The van der Waals surface area contributed by atoms with Gasteiger partial charge in [0.15, 0.2) is 0 Å². The number of amides is 2. The van der Waals surface area contributed by atoms with Crippen molar-refractivity contribution in [3.63, 3.8) is 0 Å². The number of hydrogen-bond donors (Lipinski definition) is 1. The van der Waals surface area contributed by atoms with Crippen LogP contribution in [-0.4, -0.2) is 30.3 Å². The van der Waals surface area contributed by atoms with E-state index >= 15 is 0 Å². The number of nitrogens with zero attached hydrogens (tertiary/aromatic N) is 1. The topological polar surface area (TPSA) is 49.4 Å². The van der Waals surface area contributed by atoms with Crippen LogP contribution in [-0.2, 0) is 9.59 Å². The molecular weight excluding hydrogens is 283 g/mol. The molecule has 0 spiro atoms. The van der Waals surface area contributed by atoms with E-state index in [9.17, 15) is 14.0 Å². The summed E-state index contributed by atoms with van der Waals surface area (Å²) in [5.41, 5.74) is 0.678. The summed E-state index contributed by atoms with van der Waals surface area (Å²) in [6.45, 7) is 0.684. The summed E-state index contributed by atoms with van der Waals surface area (Å²) in [4.78, 5) is 26.0. The number of likely N-dealkylation sites (tertiary alicyclic amines) is 1. The Balaban J connectivity index is 1.75. The van der Waals surface area contributed by atoms with Gasteiger partial charge >= 0.3 is 0 Å². The average molecular weight is 304 g/mol. The summed E-state index contributed by atoms with van der Waals surface area (Å²) in [6.07, 6.45) is 3.75. The van der Waals surface area contributed by atoms with Crippen molar-refractivity contribution in [2.45, 2.75) is 31.7 Å². The van der Waals surface area contributed by atoms with E-state index in [2.05, 4.69) is 5.32 Å². The fraction of sp³-hybridized carbons (Fsp3) is 0.529. The first-order chi connectivity index (χ1) is 10.6. The van der Waals surface area contributed by atoms with E-state index in [1.54, 1.807) is 24.1 Å². The summed E-state index contributed by atoms with van der Waals surface area (Å²) < 4.78 is 13.5. The minimum absolute atomic E-state index is 0.0712. The van der Waals surface area contributed by atoms with Crippen LogP contribution in [0, 0.1) is 17.7 Å². The lowest BCUT2D eigenvalue weighted by atomic mass is 9.85. The van der Waals surface area contributed by atoms with Gasteiger partial charge in [-0.25, -0.2) is 4.39 Å². The minimum atomic E-state index is -0.445. The highest BCUT2D eigenvalue weighted by atomic mass is 19.1. The van der Waals surface area contributed by atoms with Gasteiger partial charge in [-0.3, -0.25) is 9.59 Å². The Bertz CT molecular complexity index is 586. The van der Waals surface area contributed by atoms with E-state index in [0.29, 0.717) is 18.0 Å². The first-order valence-electron chi connectivity index (χ1n) is 7.85. The number of carbonyl (C=O) groups is 2. The number of nitrogens with one attached hydrogen (secondary N) is 1. The first kappa shape index (κ1) is 15.0. The molecule has 1 aromatic carbocycles. The molecule has 0 unspecified atom stereocenters. The van der Waals surface area contributed by atoms with E-state index in [-0.39, 0.29) is 30.1 Å². The van der Waals surface area contributed by atoms with Gasteiger partial charge in [0.05, 0.1) is 12.0 Å². The Labute approximate surface area is 129 Å². The standard InChI is InChI=1S/C17H21FN2O2/c1-20-15(21)9-14(17(22)19-10-11-4-2-5-11)16(20)12-6-3-7-13(18)8-12/h3,6-8,11,14,16H,2,4-5,9-10H2,1H3,(H,19,22)/t14-,16-/m1/s1. The third-order valence-corrected chi connectivity index (χ3v) is 4.90. The molecule has 2 aliphatic rings. The fourth-order valence-corrected chi connectivity index (χ4v) is 3.32. The van der Waals surface area contributed by atoms with Crippen molar-refractivity contribution in [1.82, 2.24) is 10.2 Å². The Kier molecular flexibility index (Phi) is 4.14. The number of benzene rings is 1. The highest BCUT2D eigenvalue weighted by Crippen LogP contribution is 2.37. The molecule has 0 bridgehead atoms. The molecule has 1 aromatic rings. The lowest BCUT2D eigenvalue weighted by molar-refractivity contribution is -0.128. The van der Waals surface area contributed by atoms with Crippen LogP contribution >= 0.6 is 0 Å². The van der Waals surface area contributed by atoms with E-state index in [1.165, 1.54) is 18.6 Å². The molecule has 1 saturated carbocycles. The SMILES string of the molecule is CN1C(=O)C[C@@H](C(=O)NCC2CCC2)[C@H]1c1cccc(F)c1. The third-order valence-electron chi connectivity index (χ3n) is 4.90. The van der Waals surface area contributed by atoms with Gasteiger partial charge in [-0.1, -0.05) is 18.6 Å². The molecule has 1 N–H and O–H groups in total. The van der Waals surface area contributed by atoms with Crippen LogP contribution in [0.25, 0.3) is 0 Å². The molecule has 2 fully saturated rings. The van der Waals surface area contributed by atoms with Crippen molar-refractivity contribution in [3.8, 4) is 0 Å². The largest absolute Gasteiger partial charge is 0.355 e. The van der Waals surface area contributed by atoms with Crippen molar-refractivity contribution in [3.05, 3.63) is 35.6 Å². The van der Waals surface area contributed by atoms with Crippen molar-refractivity contribution < 1.29 is 14.0 Å². The van der Waals surface area contributed by atoms with Crippen LogP contribution in [0.15, 0.2) is 24.3 Å². The van der Waals surface area contributed by atoms with Crippen LogP contribution in [0.4, 0.5) is 4.39 Å². The Morgan fingerprint density at radius 1 is 1.41 bits per heavy atom. The molecule has 4 nitrogen and oxygen atoms in total. The molecule has 22 heavy (non-hydrogen) atoms. The second-order valence-electron chi connectivity index (χ2n) is 6.36. The van der Waals surface area contributed by atoms with Crippen molar-refractivity contribution in [2.75, 3.05) is 13.6 Å². The van der Waals surface area contributed by atoms with Crippen LogP contribution in [0.3, 0.4) is 0 Å². The maximum atomic E-state index is 13.5. The number of hydrogen-bond acceptors (Lipinski definition) is 2. The predicted molar refractivity (Wildman–Crippen MR) is 80.4 cm³/mol. The molecule has 1 saturated heterocycles. The summed E-state index contributed by atoms with van der Waals surface area (Å²) in [5, 5.41) is 2.97. The Hall–Kier alpha value is -1.91. The number of halogens is 1. The Morgan fingerprint density at radius 2 is 2.18 bits per heavy atom. The summed E-state index contributed by atoms with van der Waals surface area (Å²) in [6, 6.07) is 5.78. The lowest BCUT2D eigenvalue weighted by Gasteiger charge is -2.28. The average Bonchev–Trinajstić information content (AvgIpc) is 2.73. The molecule has 2 atom stereocenters. The van der Waals surface area contributed by atoms with Gasteiger partial charge < -0.3 is 10.2 Å². The summed E-state index contributed by atoms with van der Waals surface area (Å²) in [7, 11) is 1.68. The second kappa shape index (κ2) is 6.07. The zero-order valence-corrected chi connectivity index (χ0v) is 12.7. The normalized spacial score (nSPS) is 25.2. The minimum Gasteiger partial charge on any atom is -0.355 e. The van der Waals surface area contributed by atoms with Crippen LogP contribution in [0.1, 0.15) is 37.3 Å². The lowest BCUT2D eigenvalue weighted by Crippen LogP contribution is -2.38. The van der Waals surface area contributed by atoms with Gasteiger partial charge in [0.2, 0.25) is 11.8 Å². The zero-order chi connectivity index (χ0) is 15.7. The summed E-state index contributed by atoms with van der Waals surface area (Å²) in [5.74, 6) is -0.387. The van der Waals surface area contributed by atoms with Gasteiger partial charge in [0.1, 0.15) is 5.82 Å². The van der Waals surface area contributed by atoms with E-state index in [1.807, 2.05) is 0 Å². The van der Waals surface area contributed by atoms with Gasteiger partial charge in [-0.15, -0.1) is 0 Å². The molecule has 0 radical (unpaired) electrons. The van der Waals surface area contributed by atoms with Gasteiger partial charge in [-0.2, -0.15) is 0 Å². The second-order valence-corrected chi connectivity index (χ2v) is 6.36. The van der Waals surface area contributed by atoms with E-state index < -0.39 is 5.92 Å².